The molecule has 0 saturated heterocycles. The van der Waals surface area contributed by atoms with E-state index in [9.17, 15) is 0 Å². The van der Waals surface area contributed by atoms with E-state index >= 15 is 0 Å². The summed E-state index contributed by atoms with van der Waals surface area (Å²) in [6, 6.07) is 4.12. The molecule has 0 amide bonds. The van der Waals surface area contributed by atoms with Crippen molar-refractivity contribution in [3.8, 4) is 0 Å². The molecule has 1 heterocycles. The van der Waals surface area contributed by atoms with Gasteiger partial charge >= 0.3 is 0 Å². The van der Waals surface area contributed by atoms with Gasteiger partial charge in [0.25, 0.3) is 0 Å². The molecule has 0 bridgehead atoms. The predicted octanol–water partition coefficient (Wildman–Crippen LogP) is 1.27. The highest BCUT2D eigenvalue weighted by molar-refractivity contribution is 6.26. The monoisotopic (exact) mass is 269 g/mol. The largest absolute Gasteiger partial charge is 0.400 e. The minimum atomic E-state index is -0.438. The Kier molecular flexibility index (Phi) is 6.04. The zero-order chi connectivity index (χ0) is 12.7. The summed E-state index contributed by atoms with van der Waals surface area (Å²) in [4.78, 5) is 4.04. The first-order valence-corrected chi connectivity index (χ1v) is 10.2. The quantitative estimate of drug-likeness (QED) is 0.552. The molecule has 0 atom stereocenters. The van der Waals surface area contributed by atoms with E-state index in [0.717, 1.165) is 6.42 Å². The standard InChI is InChI=1S/C12H23NO2Si2/c1-12(2,11(14-16-3)15-17-4)9-10-5-7-13-8-6-10/h5-8,11H,9,16-17H2,1-4H3. The summed E-state index contributed by atoms with van der Waals surface area (Å²) in [6.07, 6.45) is 4.60. The zero-order valence-corrected chi connectivity index (χ0v) is 14.1. The van der Waals surface area contributed by atoms with Crippen LogP contribution < -0.4 is 0 Å². The number of rotatable bonds is 7. The van der Waals surface area contributed by atoms with Crippen molar-refractivity contribution in [1.29, 1.82) is 0 Å². The van der Waals surface area contributed by atoms with E-state index in [1.54, 1.807) is 0 Å². The van der Waals surface area contributed by atoms with Crippen LogP contribution in [0.2, 0.25) is 13.1 Å². The number of hydrogen-bond acceptors (Lipinski definition) is 3. The lowest BCUT2D eigenvalue weighted by Crippen LogP contribution is -2.37. The summed E-state index contributed by atoms with van der Waals surface area (Å²) in [6.45, 7) is 8.73. The van der Waals surface area contributed by atoms with Gasteiger partial charge in [-0.1, -0.05) is 26.9 Å². The minimum absolute atomic E-state index is 0.0212. The van der Waals surface area contributed by atoms with Crippen LogP contribution in [0.5, 0.6) is 0 Å². The van der Waals surface area contributed by atoms with Crippen LogP contribution in [0.25, 0.3) is 0 Å². The third-order valence-electron chi connectivity index (χ3n) is 2.68. The molecule has 0 aromatic carbocycles. The molecular formula is C12H23NO2Si2. The second kappa shape index (κ2) is 7.05. The van der Waals surface area contributed by atoms with Crippen LogP contribution in [0.15, 0.2) is 24.5 Å². The van der Waals surface area contributed by atoms with E-state index in [1.807, 2.05) is 12.4 Å². The number of hydrogen-bond donors (Lipinski definition) is 0. The lowest BCUT2D eigenvalue weighted by molar-refractivity contribution is -0.0783. The zero-order valence-electron chi connectivity index (χ0n) is 11.3. The second-order valence-electron chi connectivity index (χ2n) is 4.76. The maximum absolute atomic E-state index is 5.86. The lowest BCUT2D eigenvalue weighted by Gasteiger charge is -2.34. The molecule has 0 N–H and O–H groups in total. The lowest BCUT2D eigenvalue weighted by atomic mass is 9.85. The summed E-state index contributed by atoms with van der Waals surface area (Å²) in [5.41, 5.74) is 1.31. The highest BCUT2D eigenvalue weighted by atomic mass is 28.2. The van der Waals surface area contributed by atoms with Crippen molar-refractivity contribution in [3.63, 3.8) is 0 Å². The molecule has 0 aliphatic rings. The third-order valence-corrected chi connectivity index (χ3v) is 3.96. The van der Waals surface area contributed by atoms with E-state index in [0.29, 0.717) is 0 Å². The Morgan fingerprint density at radius 1 is 1.18 bits per heavy atom. The molecule has 96 valence electrons. The van der Waals surface area contributed by atoms with Crippen LogP contribution in [-0.2, 0) is 15.3 Å². The average molecular weight is 269 g/mol. The fourth-order valence-corrected chi connectivity index (χ4v) is 3.80. The molecule has 0 aliphatic carbocycles. The maximum atomic E-state index is 5.86. The highest BCUT2D eigenvalue weighted by Gasteiger charge is 2.30. The Balaban J connectivity index is 2.70. The first-order valence-electron chi connectivity index (χ1n) is 6.22. The molecule has 0 radical (unpaired) electrons. The van der Waals surface area contributed by atoms with Gasteiger partial charge in [0.05, 0.1) is 0 Å². The molecule has 1 rings (SSSR count). The van der Waals surface area contributed by atoms with Crippen LogP contribution >= 0.6 is 0 Å². The number of pyridine rings is 1. The summed E-state index contributed by atoms with van der Waals surface area (Å²) < 4.78 is 11.7. The van der Waals surface area contributed by atoms with Gasteiger partial charge in [0, 0.05) is 17.8 Å². The highest BCUT2D eigenvalue weighted by Crippen LogP contribution is 2.28. The number of nitrogens with zero attached hydrogens (tertiary/aromatic N) is 1. The summed E-state index contributed by atoms with van der Waals surface area (Å²) >= 11 is 0. The van der Waals surface area contributed by atoms with Crippen molar-refractivity contribution < 1.29 is 8.85 Å². The molecule has 3 nitrogen and oxygen atoms in total. The molecule has 0 saturated carbocycles. The van der Waals surface area contributed by atoms with Gasteiger partial charge in [-0.25, -0.2) is 0 Å². The summed E-state index contributed by atoms with van der Waals surface area (Å²) in [5.74, 6) is 0. The minimum Gasteiger partial charge on any atom is -0.400 e. The van der Waals surface area contributed by atoms with Crippen molar-refractivity contribution >= 4 is 19.5 Å². The SMILES string of the molecule is C[SiH2]OC(O[SiH2]C)C(C)(C)Cc1ccncc1. The Labute approximate surface area is 109 Å². The first-order chi connectivity index (χ1) is 8.10. The van der Waals surface area contributed by atoms with Gasteiger partial charge < -0.3 is 8.85 Å². The fraction of sp³-hybridized carbons (Fsp3) is 0.583. The predicted molar refractivity (Wildman–Crippen MR) is 76.5 cm³/mol. The Morgan fingerprint density at radius 2 is 1.71 bits per heavy atom. The van der Waals surface area contributed by atoms with Crippen LogP contribution in [0.1, 0.15) is 19.4 Å². The molecular weight excluding hydrogens is 246 g/mol. The van der Waals surface area contributed by atoms with E-state index in [-0.39, 0.29) is 11.7 Å². The van der Waals surface area contributed by atoms with Crippen molar-refractivity contribution in [2.24, 2.45) is 5.41 Å². The van der Waals surface area contributed by atoms with E-state index in [2.05, 4.69) is 44.1 Å². The Bertz CT molecular complexity index is 314. The van der Waals surface area contributed by atoms with Gasteiger partial charge in [-0.2, -0.15) is 0 Å². The van der Waals surface area contributed by atoms with Crippen molar-refractivity contribution in [1.82, 2.24) is 4.98 Å². The smallest absolute Gasteiger partial charge is 0.161 e. The topological polar surface area (TPSA) is 31.4 Å². The van der Waals surface area contributed by atoms with Crippen LogP contribution in [0.4, 0.5) is 0 Å². The molecule has 1 aromatic heterocycles. The molecule has 0 unspecified atom stereocenters. The molecule has 0 aliphatic heterocycles. The maximum Gasteiger partial charge on any atom is 0.161 e. The van der Waals surface area contributed by atoms with Gasteiger partial charge in [0.2, 0.25) is 0 Å². The molecule has 1 aromatic rings. The molecule has 17 heavy (non-hydrogen) atoms. The van der Waals surface area contributed by atoms with Crippen LogP contribution in [0.3, 0.4) is 0 Å². The van der Waals surface area contributed by atoms with E-state index in [1.165, 1.54) is 5.56 Å². The van der Waals surface area contributed by atoms with E-state index in [4.69, 9.17) is 8.85 Å². The van der Waals surface area contributed by atoms with Gasteiger partial charge in [-0.05, 0) is 24.1 Å². The fourth-order valence-electron chi connectivity index (χ4n) is 1.91. The van der Waals surface area contributed by atoms with Crippen LogP contribution in [-0.4, -0.2) is 30.8 Å². The van der Waals surface area contributed by atoms with Crippen molar-refractivity contribution in [3.05, 3.63) is 30.1 Å². The summed E-state index contributed by atoms with van der Waals surface area (Å²) in [7, 11) is -0.876. The number of aromatic nitrogens is 1. The van der Waals surface area contributed by atoms with Crippen LogP contribution in [0, 0.1) is 5.41 Å². The molecule has 5 heteroatoms. The van der Waals surface area contributed by atoms with Gasteiger partial charge in [-0.3, -0.25) is 4.98 Å². The van der Waals surface area contributed by atoms with Gasteiger partial charge in [-0.15, -0.1) is 0 Å². The van der Waals surface area contributed by atoms with E-state index < -0.39 is 19.5 Å². The summed E-state index contributed by atoms with van der Waals surface area (Å²) in [5, 5.41) is 0. The van der Waals surface area contributed by atoms with Gasteiger partial charge in [0.15, 0.2) is 19.5 Å². The first kappa shape index (κ1) is 14.6. The van der Waals surface area contributed by atoms with Gasteiger partial charge in [0.1, 0.15) is 6.29 Å². The Hall–Kier alpha value is -0.496. The molecule has 0 fully saturated rings. The third kappa shape index (κ3) is 4.71. The second-order valence-corrected chi connectivity index (χ2v) is 6.58. The normalized spacial score (nSPS) is 15.1. The van der Waals surface area contributed by atoms with Crippen molar-refractivity contribution in [2.75, 3.05) is 0 Å². The Morgan fingerprint density at radius 3 is 2.18 bits per heavy atom. The molecule has 0 spiro atoms. The average Bonchev–Trinajstić information content (AvgIpc) is 2.29. The van der Waals surface area contributed by atoms with Crippen molar-refractivity contribution in [2.45, 2.75) is 39.7 Å².